The van der Waals surface area contributed by atoms with Gasteiger partial charge in [0.2, 0.25) is 5.91 Å². The first kappa shape index (κ1) is 20.4. The van der Waals surface area contributed by atoms with Gasteiger partial charge in [-0.05, 0) is 54.7 Å². The van der Waals surface area contributed by atoms with E-state index in [2.05, 4.69) is 11.4 Å². The fourth-order valence-electron chi connectivity index (χ4n) is 4.70. The first-order valence-electron chi connectivity index (χ1n) is 11.0. The molecule has 162 valence electrons. The number of halogens is 1. The molecule has 3 aromatic carbocycles. The Hall–Kier alpha value is -3.47. The number of hydrogen-bond acceptors (Lipinski definition) is 2. The Bertz CT molecular complexity index is 1170. The van der Waals surface area contributed by atoms with E-state index in [4.69, 9.17) is 0 Å². The van der Waals surface area contributed by atoms with Gasteiger partial charge in [0.15, 0.2) is 0 Å². The van der Waals surface area contributed by atoms with Gasteiger partial charge in [-0.1, -0.05) is 60.2 Å². The number of aryl methyl sites for hydroxylation is 1. The van der Waals surface area contributed by atoms with Gasteiger partial charge in [0, 0.05) is 18.2 Å². The number of benzene rings is 3. The Morgan fingerprint density at radius 3 is 2.50 bits per heavy atom. The van der Waals surface area contributed by atoms with Crippen molar-refractivity contribution >= 4 is 11.8 Å². The van der Waals surface area contributed by atoms with Crippen molar-refractivity contribution in [3.05, 3.63) is 106 Å². The summed E-state index contributed by atoms with van der Waals surface area (Å²) < 4.78 is 13.2. The van der Waals surface area contributed by atoms with E-state index in [1.165, 1.54) is 12.1 Å². The lowest BCUT2D eigenvalue weighted by molar-refractivity contribution is -0.124. The van der Waals surface area contributed by atoms with Gasteiger partial charge in [-0.2, -0.15) is 0 Å². The maximum absolute atomic E-state index is 13.6. The molecule has 1 N–H and O–H groups in total. The highest BCUT2D eigenvalue weighted by atomic mass is 19.1. The van der Waals surface area contributed by atoms with Crippen molar-refractivity contribution in [2.24, 2.45) is 0 Å². The zero-order valence-electron chi connectivity index (χ0n) is 17.9. The Kier molecular flexibility index (Phi) is 5.25. The third-order valence-corrected chi connectivity index (χ3v) is 6.36. The van der Waals surface area contributed by atoms with Crippen LogP contribution in [0.4, 0.5) is 4.39 Å². The molecule has 5 rings (SSSR count). The summed E-state index contributed by atoms with van der Waals surface area (Å²) in [6.07, 6.45) is 1.92. The molecule has 3 aromatic rings. The zero-order valence-corrected chi connectivity index (χ0v) is 17.9. The third kappa shape index (κ3) is 3.79. The fraction of sp³-hybridized carbons (Fsp3) is 0.259. The van der Waals surface area contributed by atoms with E-state index in [-0.39, 0.29) is 29.7 Å². The molecule has 1 aliphatic heterocycles. The Morgan fingerprint density at radius 2 is 1.78 bits per heavy atom. The van der Waals surface area contributed by atoms with E-state index in [1.807, 2.05) is 54.3 Å². The predicted octanol–water partition coefficient (Wildman–Crippen LogP) is 4.89. The monoisotopic (exact) mass is 428 g/mol. The molecule has 32 heavy (non-hydrogen) atoms. The number of nitrogens with one attached hydrogen (secondary N) is 1. The average molecular weight is 429 g/mol. The number of rotatable bonds is 5. The number of carbonyl (C=O) groups excluding carboxylic acids is 2. The number of nitrogens with zero attached hydrogens (tertiary/aromatic N) is 1. The first-order valence-corrected chi connectivity index (χ1v) is 11.0. The second kappa shape index (κ2) is 8.23. The molecule has 2 atom stereocenters. The van der Waals surface area contributed by atoms with Crippen LogP contribution in [0.25, 0.3) is 0 Å². The van der Waals surface area contributed by atoms with Crippen LogP contribution >= 0.6 is 0 Å². The molecule has 4 nitrogen and oxygen atoms in total. The molecule has 0 unspecified atom stereocenters. The summed E-state index contributed by atoms with van der Waals surface area (Å²) in [6.45, 7) is 2.32. The van der Waals surface area contributed by atoms with Crippen LogP contribution in [0.15, 0.2) is 72.8 Å². The number of fused-ring (bicyclic) bond motifs is 1. The van der Waals surface area contributed by atoms with Crippen LogP contribution in [0.3, 0.4) is 0 Å². The van der Waals surface area contributed by atoms with Crippen LogP contribution in [-0.2, 0) is 11.3 Å². The SMILES string of the molecule is Cc1cccc([C@@H]2[C@@H](C(=O)NCc3ccc(F)cc3)c3ccccc3C(=O)N2C2CC2)c1. The molecule has 5 heteroatoms. The van der Waals surface area contributed by atoms with Gasteiger partial charge < -0.3 is 10.2 Å². The topological polar surface area (TPSA) is 49.4 Å². The molecule has 1 heterocycles. The maximum Gasteiger partial charge on any atom is 0.254 e. The van der Waals surface area contributed by atoms with Crippen molar-refractivity contribution in [1.82, 2.24) is 10.2 Å². The summed E-state index contributed by atoms with van der Waals surface area (Å²) in [6, 6.07) is 21.4. The van der Waals surface area contributed by atoms with Crippen molar-refractivity contribution in [3.8, 4) is 0 Å². The van der Waals surface area contributed by atoms with Crippen LogP contribution in [0.1, 0.15) is 57.4 Å². The molecule has 1 saturated carbocycles. The minimum Gasteiger partial charge on any atom is -0.351 e. The van der Waals surface area contributed by atoms with E-state index in [0.29, 0.717) is 12.1 Å². The zero-order chi connectivity index (χ0) is 22.2. The van der Waals surface area contributed by atoms with Gasteiger partial charge in [0.05, 0.1) is 12.0 Å². The summed E-state index contributed by atoms with van der Waals surface area (Å²) in [5, 5.41) is 3.04. The van der Waals surface area contributed by atoms with E-state index < -0.39 is 5.92 Å². The maximum atomic E-state index is 13.6. The Balaban J connectivity index is 1.55. The molecular formula is C27H25FN2O2. The van der Waals surface area contributed by atoms with E-state index >= 15 is 0 Å². The highest BCUT2D eigenvalue weighted by Gasteiger charge is 2.48. The first-order chi connectivity index (χ1) is 15.5. The Morgan fingerprint density at radius 1 is 1.03 bits per heavy atom. The number of amides is 2. The average Bonchev–Trinajstić information content (AvgIpc) is 3.63. The highest BCUT2D eigenvalue weighted by molar-refractivity contribution is 6.01. The third-order valence-electron chi connectivity index (χ3n) is 6.36. The van der Waals surface area contributed by atoms with Crippen molar-refractivity contribution in [2.75, 3.05) is 0 Å². The smallest absolute Gasteiger partial charge is 0.254 e. The normalized spacial score (nSPS) is 20.1. The fourth-order valence-corrected chi connectivity index (χ4v) is 4.70. The van der Waals surface area contributed by atoms with Gasteiger partial charge in [-0.25, -0.2) is 4.39 Å². The summed E-state index contributed by atoms with van der Waals surface area (Å²) in [5.41, 5.74) is 4.26. The van der Waals surface area contributed by atoms with Crippen molar-refractivity contribution in [1.29, 1.82) is 0 Å². The van der Waals surface area contributed by atoms with E-state index in [0.717, 1.165) is 35.1 Å². The standard InChI is InChI=1S/C27H25FN2O2/c1-17-5-4-6-19(15-17)25-24(26(31)29-16-18-9-11-20(28)12-10-18)22-7-2-3-8-23(22)27(32)30(25)21-13-14-21/h2-12,15,21,24-25H,13-14,16H2,1H3,(H,29,31)/t24-,25+/m0/s1. The van der Waals surface area contributed by atoms with Crippen LogP contribution in [-0.4, -0.2) is 22.8 Å². The van der Waals surface area contributed by atoms with E-state index in [1.54, 1.807) is 12.1 Å². The van der Waals surface area contributed by atoms with Crippen LogP contribution in [0.5, 0.6) is 0 Å². The van der Waals surface area contributed by atoms with Gasteiger partial charge in [0.25, 0.3) is 5.91 Å². The van der Waals surface area contributed by atoms with Crippen LogP contribution in [0, 0.1) is 12.7 Å². The minimum atomic E-state index is -0.522. The largest absolute Gasteiger partial charge is 0.351 e. The van der Waals surface area contributed by atoms with Crippen molar-refractivity contribution < 1.29 is 14.0 Å². The molecular weight excluding hydrogens is 403 g/mol. The molecule has 0 saturated heterocycles. The molecule has 0 spiro atoms. The summed E-state index contributed by atoms with van der Waals surface area (Å²) in [5.74, 6) is -0.963. The Labute approximate surface area is 187 Å². The van der Waals surface area contributed by atoms with Crippen LogP contribution in [0.2, 0.25) is 0 Å². The molecule has 1 fully saturated rings. The van der Waals surface area contributed by atoms with E-state index in [9.17, 15) is 14.0 Å². The van der Waals surface area contributed by atoms with Crippen molar-refractivity contribution in [2.45, 2.75) is 44.3 Å². The number of carbonyl (C=O) groups is 2. The lowest BCUT2D eigenvalue weighted by atomic mass is 9.78. The number of hydrogen-bond donors (Lipinski definition) is 1. The summed E-state index contributed by atoms with van der Waals surface area (Å²) >= 11 is 0. The second-order valence-electron chi connectivity index (χ2n) is 8.71. The molecule has 1 aliphatic carbocycles. The molecule has 2 aliphatic rings. The lowest BCUT2D eigenvalue weighted by Gasteiger charge is -2.42. The molecule has 0 bridgehead atoms. The van der Waals surface area contributed by atoms with Gasteiger partial charge in [-0.15, -0.1) is 0 Å². The van der Waals surface area contributed by atoms with Gasteiger partial charge in [-0.3, -0.25) is 9.59 Å². The predicted molar refractivity (Wildman–Crippen MR) is 121 cm³/mol. The minimum absolute atomic E-state index is 0.00260. The van der Waals surface area contributed by atoms with Crippen molar-refractivity contribution in [3.63, 3.8) is 0 Å². The van der Waals surface area contributed by atoms with Crippen LogP contribution < -0.4 is 5.32 Å². The van der Waals surface area contributed by atoms with Gasteiger partial charge >= 0.3 is 0 Å². The highest BCUT2D eigenvalue weighted by Crippen LogP contribution is 2.47. The molecule has 0 aromatic heterocycles. The quantitative estimate of drug-likeness (QED) is 0.629. The lowest BCUT2D eigenvalue weighted by Crippen LogP contribution is -2.48. The summed E-state index contributed by atoms with van der Waals surface area (Å²) in [7, 11) is 0. The second-order valence-corrected chi connectivity index (χ2v) is 8.71. The molecule has 0 radical (unpaired) electrons. The molecule has 2 amide bonds. The summed E-state index contributed by atoms with van der Waals surface area (Å²) in [4.78, 5) is 29.1. The van der Waals surface area contributed by atoms with Gasteiger partial charge in [0.1, 0.15) is 5.82 Å².